The number of azo groups is 1. The molecule has 4 N–H and O–H groups in total. The highest BCUT2D eigenvalue weighted by molar-refractivity contribution is 6.16. The molecule has 0 aromatic heterocycles. The number of carbonyl (C=O) groups is 1. The number of phenolic OH excluding ortho intramolecular Hbond substituents is 1. The van der Waals surface area contributed by atoms with Gasteiger partial charge in [0.15, 0.2) is 5.75 Å². The number of benzene rings is 5. The molecule has 1 aliphatic heterocycles. The number of nitrogens with two attached hydrogens (primary N) is 1. The third-order valence-electron chi connectivity index (χ3n) is 8.86. The van der Waals surface area contributed by atoms with Gasteiger partial charge in [-0.2, -0.15) is 5.11 Å². The Hall–Kier alpha value is -4.75. The van der Waals surface area contributed by atoms with Crippen molar-refractivity contribution in [2.45, 2.75) is 64.8 Å². The molecule has 224 valence electrons. The van der Waals surface area contributed by atoms with Crippen LogP contribution in [0.4, 0.5) is 22.7 Å². The molecule has 0 aliphatic carbocycles. The van der Waals surface area contributed by atoms with E-state index in [2.05, 4.69) is 54.6 Å². The van der Waals surface area contributed by atoms with Crippen LogP contribution in [0.15, 0.2) is 95.2 Å². The van der Waals surface area contributed by atoms with Gasteiger partial charge >= 0.3 is 0 Å². The normalized spacial score (nSPS) is 13.8. The van der Waals surface area contributed by atoms with Gasteiger partial charge in [0.2, 0.25) is 0 Å². The maximum atomic E-state index is 13.7. The van der Waals surface area contributed by atoms with E-state index in [9.17, 15) is 9.90 Å². The second-order valence-electron chi connectivity index (χ2n) is 11.7. The second kappa shape index (κ2) is 12.1. The molecule has 1 aliphatic rings. The van der Waals surface area contributed by atoms with Crippen LogP contribution in [0.3, 0.4) is 0 Å². The number of hydrazine groups is 1. The minimum absolute atomic E-state index is 0.128. The van der Waals surface area contributed by atoms with Crippen LogP contribution in [0.25, 0.3) is 21.5 Å². The lowest BCUT2D eigenvalue weighted by molar-refractivity contribution is 0.0951. The predicted octanol–water partition coefficient (Wildman–Crippen LogP) is 9.62. The van der Waals surface area contributed by atoms with Crippen LogP contribution in [0, 0.1) is 0 Å². The Morgan fingerprint density at radius 2 is 1.64 bits per heavy atom. The van der Waals surface area contributed by atoms with Gasteiger partial charge in [-0.05, 0) is 77.9 Å². The molecule has 0 spiro atoms. The average Bonchev–Trinajstić information content (AvgIpc) is 3.05. The number of aryl methyl sites for hydroxylation is 1. The summed E-state index contributed by atoms with van der Waals surface area (Å²) in [7, 11) is 0. The molecule has 0 fully saturated rings. The molecule has 5 aromatic rings. The molecular formula is C37H39N5O2. The number of unbranched alkanes of at least 4 members (excludes halogenated alkanes) is 1. The molecule has 0 radical (unpaired) electrons. The standard InChI is InChI=1S/C37H39N5O2/c1-4-7-11-24-16-21-32-33-28(24)14-10-15-31(33)42(32)41-36(44)30-23-25-12-8-9-13-29(25)34(35(30)43)40-39-27-19-17-26(18-20-27)37(38,6-3)22-5-2/h8-10,12-21,23,43H,4-7,11,22,38H2,1-3H3,(H,41,44). The van der Waals surface area contributed by atoms with Crippen molar-refractivity contribution < 1.29 is 9.90 Å². The van der Waals surface area contributed by atoms with Crippen molar-refractivity contribution in [3.63, 3.8) is 0 Å². The van der Waals surface area contributed by atoms with Crippen molar-refractivity contribution in [1.29, 1.82) is 0 Å². The fraction of sp³-hybridized carbons (Fsp3) is 0.270. The van der Waals surface area contributed by atoms with Gasteiger partial charge in [0.25, 0.3) is 5.91 Å². The van der Waals surface area contributed by atoms with Crippen LogP contribution < -0.4 is 16.2 Å². The zero-order valence-corrected chi connectivity index (χ0v) is 25.6. The Labute approximate surface area is 258 Å². The summed E-state index contributed by atoms with van der Waals surface area (Å²) in [5, 5.41) is 25.9. The summed E-state index contributed by atoms with van der Waals surface area (Å²) in [4.78, 5) is 13.7. The highest BCUT2D eigenvalue weighted by Gasteiger charge is 2.30. The fourth-order valence-corrected chi connectivity index (χ4v) is 6.28. The largest absolute Gasteiger partial charge is 0.505 e. The van der Waals surface area contributed by atoms with Crippen molar-refractivity contribution in [3.8, 4) is 5.75 Å². The minimum Gasteiger partial charge on any atom is -0.505 e. The van der Waals surface area contributed by atoms with E-state index in [1.54, 1.807) is 11.1 Å². The molecule has 6 rings (SSSR count). The Morgan fingerprint density at radius 1 is 0.886 bits per heavy atom. The average molecular weight is 586 g/mol. The Bertz CT molecular complexity index is 1870. The predicted molar refractivity (Wildman–Crippen MR) is 179 cm³/mol. The van der Waals surface area contributed by atoms with Gasteiger partial charge in [0, 0.05) is 16.3 Å². The van der Waals surface area contributed by atoms with Crippen LogP contribution in [0.2, 0.25) is 0 Å². The number of hydrogen-bond donors (Lipinski definition) is 3. The van der Waals surface area contributed by atoms with E-state index in [1.165, 1.54) is 10.9 Å². The third kappa shape index (κ3) is 5.18. The van der Waals surface area contributed by atoms with Crippen LogP contribution in [0.1, 0.15) is 74.4 Å². The molecule has 1 atom stereocenters. The Kier molecular flexibility index (Phi) is 8.06. The van der Waals surface area contributed by atoms with E-state index in [4.69, 9.17) is 5.73 Å². The number of fused-ring (bicyclic) bond motifs is 1. The first-order valence-corrected chi connectivity index (χ1v) is 15.6. The maximum absolute atomic E-state index is 13.7. The molecule has 0 saturated carbocycles. The monoisotopic (exact) mass is 585 g/mol. The van der Waals surface area contributed by atoms with Crippen molar-refractivity contribution >= 4 is 50.2 Å². The Morgan fingerprint density at radius 3 is 2.39 bits per heavy atom. The number of anilines is 2. The first-order chi connectivity index (χ1) is 21.4. The molecule has 1 heterocycles. The second-order valence-corrected chi connectivity index (χ2v) is 11.7. The number of nitrogens with one attached hydrogen (secondary N) is 1. The van der Waals surface area contributed by atoms with Crippen LogP contribution in [-0.2, 0) is 12.0 Å². The lowest BCUT2D eigenvalue weighted by Crippen LogP contribution is -2.42. The minimum atomic E-state index is -0.429. The first kappa shape index (κ1) is 29.3. The number of rotatable bonds is 11. The van der Waals surface area contributed by atoms with Crippen LogP contribution in [0.5, 0.6) is 5.75 Å². The van der Waals surface area contributed by atoms with E-state index >= 15 is 0 Å². The topological polar surface area (TPSA) is 103 Å². The van der Waals surface area contributed by atoms with E-state index in [-0.39, 0.29) is 22.5 Å². The highest BCUT2D eigenvalue weighted by Crippen LogP contribution is 2.48. The van der Waals surface area contributed by atoms with Crippen molar-refractivity contribution in [2.75, 3.05) is 5.01 Å². The van der Waals surface area contributed by atoms with Crippen molar-refractivity contribution in [2.24, 2.45) is 16.0 Å². The molecule has 7 nitrogen and oxygen atoms in total. The summed E-state index contributed by atoms with van der Waals surface area (Å²) < 4.78 is 0. The van der Waals surface area contributed by atoms with Crippen molar-refractivity contribution in [3.05, 3.63) is 102 Å². The quantitative estimate of drug-likeness (QED) is 0.134. The number of phenols is 1. The zero-order chi connectivity index (χ0) is 30.8. The zero-order valence-electron chi connectivity index (χ0n) is 25.6. The highest BCUT2D eigenvalue weighted by atomic mass is 16.3. The summed E-state index contributed by atoms with van der Waals surface area (Å²) in [6.07, 6.45) is 6.05. The lowest BCUT2D eigenvalue weighted by Gasteiger charge is -2.36. The van der Waals surface area contributed by atoms with Gasteiger partial charge in [-0.3, -0.25) is 15.2 Å². The van der Waals surface area contributed by atoms with E-state index in [0.717, 1.165) is 66.2 Å². The van der Waals surface area contributed by atoms with Gasteiger partial charge in [-0.15, -0.1) is 5.11 Å². The number of nitrogens with zero attached hydrogens (tertiary/aromatic N) is 3. The molecule has 1 amide bonds. The molecule has 5 aromatic carbocycles. The van der Waals surface area contributed by atoms with Gasteiger partial charge in [0.05, 0.1) is 22.6 Å². The number of hydrogen-bond acceptors (Lipinski definition) is 6. The smallest absolute Gasteiger partial charge is 0.273 e. The molecule has 7 heteroatoms. The number of aromatic hydroxyl groups is 1. The van der Waals surface area contributed by atoms with E-state index in [1.807, 2.05) is 60.7 Å². The third-order valence-corrected chi connectivity index (χ3v) is 8.86. The summed E-state index contributed by atoms with van der Waals surface area (Å²) in [5.74, 6) is -0.646. The summed E-state index contributed by atoms with van der Waals surface area (Å²) in [5.41, 5.74) is 14.6. The van der Waals surface area contributed by atoms with Gasteiger partial charge < -0.3 is 10.8 Å². The summed E-state index contributed by atoms with van der Waals surface area (Å²) in [6, 6.07) is 27.4. The van der Waals surface area contributed by atoms with Gasteiger partial charge in [0.1, 0.15) is 5.69 Å². The summed E-state index contributed by atoms with van der Waals surface area (Å²) in [6.45, 7) is 6.44. The molecule has 1 unspecified atom stereocenters. The van der Waals surface area contributed by atoms with Gasteiger partial charge in [-0.25, -0.2) is 0 Å². The van der Waals surface area contributed by atoms with E-state index in [0.29, 0.717) is 11.1 Å². The van der Waals surface area contributed by atoms with Crippen LogP contribution >= 0.6 is 0 Å². The summed E-state index contributed by atoms with van der Waals surface area (Å²) >= 11 is 0. The lowest BCUT2D eigenvalue weighted by atomic mass is 9.84. The van der Waals surface area contributed by atoms with Crippen LogP contribution in [-0.4, -0.2) is 11.0 Å². The SMILES string of the molecule is CCCCc1ccc2c3c(cccc13)N2NC(=O)c1cc2ccccc2c(N=Nc2ccc(C(N)(CC)CCC)cc2)c1O. The maximum Gasteiger partial charge on any atom is 0.273 e. The molecule has 44 heavy (non-hydrogen) atoms. The molecular weight excluding hydrogens is 546 g/mol. The fourth-order valence-electron chi connectivity index (χ4n) is 6.28. The Balaban J connectivity index is 1.29. The molecule has 0 saturated heterocycles. The molecule has 0 bridgehead atoms. The van der Waals surface area contributed by atoms with Gasteiger partial charge in [-0.1, -0.05) is 88.2 Å². The van der Waals surface area contributed by atoms with Crippen molar-refractivity contribution in [1.82, 2.24) is 5.43 Å². The number of amides is 1. The number of carbonyl (C=O) groups excluding carboxylic acids is 1. The first-order valence-electron chi connectivity index (χ1n) is 15.6. The van der Waals surface area contributed by atoms with E-state index < -0.39 is 5.91 Å².